The first-order chi connectivity index (χ1) is 7.95. The summed E-state index contributed by atoms with van der Waals surface area (Å²) in [4.78, 5) is 14.3. The summed E-state index contributed by atoms with van der Waals surface area (Å²) >= 11 is 1.54. The van der Waals surface area contributed by atoms with Crippen LogP contribution in [0.25, 0.3) is 0 Å². The first-order valence-corrected chi connectivity index (χ1v) is 6.39. The summed E-state index contributed by atoms with van der Waals surface area (Å²) in [6, 6.07) is 8.17. The van der Waals surface area contributed by atoms with Crippen LogP contribution in [0.1, 0.15) is 19.4 Å². The van der Waals surface area contributed by atoms with Crippen molar-refractivity contribution < 1.29 is 4.79 Å². The zero-order chi connectivity index (χ0) is 12.6. The van der Waals surface area contributed by atoms with Gasteiger partial charge < -0.3 is 4.90 Å². The molecule has 0 saturated heterocycles. The zero-order valence-electron chi connectivity index (χ0n) is 10.2. The van der Waals surface area contributed by atoms with Crippen LogP contribution in [0.3, 0.4) is 0 Å². The van der Waals surface area contributed by atoms with Gasteiger partial charge in [-0.05, 0) is 31.5 Å². The number of hydrogen-bond donors (Lipinski definition) is 0. The van der Waals surface area contributed by atoms with E-state index in [1.165, 1.54) is 0 Å². The molecule has 0 atom stereocenters. The summed E-state index contributed by atoms with van der Waals surface area (Å²) in [6.07, 6.45) is 0. The predicted molar refractivity (Wildman–Crippen MR) is 69.2 cm³/mol. The van der Waals surface area contributed by atoms with Gasteiger partial charge in [0, 0.05) is 11.9 Å². The lowest BCUT2D eigenvalue weighted by Crippen LogP contribution is -2.31. The van der Waals surface area contributed by atoms with Crippen molar-refractivity contribution in [1.29, 1.82) is 5.26 Å². The number of carbonyl (C=O) groups is 1. The highest BCUT2D eigenvalue weighted by Gasteiger charge is 2.25. The second-order valence-corrected chi connectivity index (χ2v) is 5.68. The van der Waals surface area contributed by atoms with Crippen LogP contribution >= 0.6 is 11.8 Å². The number of anilines is 1. The Kier molecular flexibility index (Phi) is 2.88. The van der Waals surface area contributed by atoms with Crippen LogP contribution in [0.5, 0.6) is 0 Å². The number of benzene rings is 1. The van der Waals surface area contributed by atoms with Gasteiger partial charge in [0.05, 0.1) is 22.9 Å². The number of hydrogen-bond acceptors (Lipinski definition) is 3. The van der Waals surface area contributed by atoms with Crippen molar-refractivity contribution in [1.82, 2.24) is 0 Å². The largest absolute Gasteiger partial charge is 0.314 e. The van der Waals surface area contributed by atoms with Crippen molar-refractivity contribution in [3.63, 3.8) is 0 Å². The van der Waals surface area contributed by atoms with Crippen LogP contribution in [0.2, 0.25) is 0 Å². The average Bonchev–Trinajstić information content (AvgIpc) is 2.33. The molecule has 0 unspecified atom stereocenters. The van der Waals surface area contributed by atoms with Crippen molar-refractivity contribution in [3.8, 4) is 6.07 Å². The molecule has 0 N–H and O–H groups in total. The van der Waals surface area contributed by atoms with Gasteiger partial charge in [0.1, 0.15) is 0 Å². The Bertz CT molecular complexity index is 517. The van der Waals surface area contributed by atoms with Gasteiger partial charge >= 0.3 is 0 Å². The Balaban J connectivity index is 2.47. The maximum Gasteiger partial charge on any atom is 0.237 e. The van der Waals surface area contributed by atoms with Crippen molar-refractivity contribution in [2.24, 2.45) is 0 Å². The lowest BCUT2D eigenvalue weighted by atomic mass is 9.86. The SMILES string of the molecule is CN1C(=O)CSc2cc(C(C)(C)C#N)ccc21. The summed E-state index contributed by atoms with van der Waals surface area (Å²) in [7, 11) is 1.79. The first kappa shape index (κ1) is 12.0. The van der Waals surface area contributed by atoms with Crippen LogP contribution in [-0.4, -0.2) is 18.7 Å². The van der Waals surface area contributed by atoms with Crippen LogP contribution < -0.4 is 4.90 Å². The highest BCUT2D eigenvalue weighted by molar-refractivity contribution is 8.00. The fourth-order valence-corrected chi connectivity index (χ4v) is 2.77. The fraction of sp³-hybridized carbons (Fsp3) is 0.385. The molecule has 1 heterocycles. The van der Waals surface area contributed by atoms with E-state index in [4.69, 9.17) is 5.26 Å². The van der Waals surface area contributed by atoms with E-state index in [-0.39, 0.29) is 5.91 Å². The van der Waals surface area contributed by atoms with Crippen LogP contribution in [0.4, 0.5) is 5.69 Å². The molecule has 1 aromatic rings. The topological polar surface area (TPSA) is 44.1 Å². The number of nitrogens with zero attached hydrogens (tertiary/aromatic N) is 2. The number of fused-ring (bicyclic) bond motifs is 1. The Morgan fingerprint density at radius 2 is 2.18 bits per heavy atom. The molecule has 0 spiro atoms. The van der Waals surface area contributed by atoms with E-state index >= 15 is 0 Å². The maximum absolute atomic E-state index is 11.5. The van der Waals surface area contributed by atoms with Crippen LogP contribution in [0.15, 0.2) is 23.1 Å². The summed E-state index contributed by atoms with van der Waals surface area (Å²) in [6.45, 7) is 3.80. The Morgan fingerprint density at radius 1 is 1.47 bits per heavy atom. The van der Waals surface area contributed by atoms with Gasteiger partial charge in [0.25, 0.3) is 0 Å². The molecule has 0 radical (unpaired) electrons. The highest BCUT2D eigenvalue weighted by Crippen LogP contribution is 2.37. The minimum Gasteiger partial charge on any atom is -0.314 e. The molecule has 17 heavy (non-hydrogen) atoms. The molecule has 0 saturated carbocycles. The van der Waals surface area contributed by atoms with E-state index in [1.54, 1.807) is 23.7 Å². The van der Waals surface area contributed by atoms with E-state index in [2.05, 4.69) is 6.07 Å². The summed E-state index contributed by atoms with van der Waals surface area (Å²) in [5, 5.41) is 9.12. The summed E-state index contributed by atoms with van der Waals surface area (Å²) in [5.41, 5.74) is 1.44. The van der Waals surface area contributed by atoms with Gasteiger partial charge in [-0.3, -0.25) is 4.79 Å². The maximum atomic E-state index is 11.5. The molecule has 4 heteroatoms. The van der Waals surface area contributed by atoms with Gasteiger partial charge in [-0.1, -0.05) is 6.07 Å². The molecule has 88 valence electrons. The van der Waals surface area contributed by atoms with Gasteiger partial charge in [-0.2, -0.15) is 5.26 Å². The van der Waals surface area contributed by atoms with Crippen LogP contribution in [-0.2, 0) is 10.2 Å². The molecule has 3 nitrogen and oxygen atoms in total. The predicted octanol–water partition coefficient (Wildman–Crippen LogP) is 2.56. The molecule has 0 aliphatic carbocycles. The molecular formula is C13H14N2OS. The zero-order valence-corrected chi connectivity index (χ0v) is 11.0. The average molecular weight is 246 g/mol. The Labute approximate surface area is 105 Å². The Morgan fingerprint density at radius 3 is 2.82 bits per heavy atom. The minimum atomic E-state index is -0.490. The van der Waals surface area contributed by atoms with Gasteiger partial charge in [-0.25, -0.2) is 0 Å². The van der Waals surface area contributed by atoms with Crippen molar-refractivity contribution in [3.05, 3.63) is 23.8 Å². The van der Waals surface area contributed by atoms with E-state index in [0.717, 1.165) is 16.1 Å². The normalized spacial score (nSPS) is 15.4. The third-order valence-electron chi connectivity index (χ3n) is 3.05. The smallest absolute Gasteiger partial charge is 0.237 e. The third-order valence-corrected chi connectivity index (χ3v) is 4.08. The fourth-order valence-electron chi connectivity index (χ4n) is 1.73. The second kappa shape index (κ2) is 4.08. The van der Waals surface area contributed by atoms with E-state index in [1.807, 2.05) is 32.0 Å². The minimum absolute atomic E-state index is 0.120. The highest BCUT2D eigenvalue weighted by atomic mass is 32.2. The monoisotopic (exact) mass is 246 g/mol. The lowest BCUT2D eigenvalue weighted by Gasteiger charge is -2.27. The molecule has 1 aliphatic heterocycles. The molecule has 0 aromatic heterocycles. The molecule has 1 aromatic carbocycles. The third kappa shape index (κ3) is 2.03. The second-order valence-electron chi connectivity index (χ2n) is 4.66. The lowest BCUT2D eigenvalue weighted by molar-refractivity contribution is -0.116. The summed E-state index contributed by atoms with van der Waals surface area (Å²) in [5.74, 6) is 0.592. The van der Waals surface area contributed by atoms with Crippen LogP contribution in [0, 0.1) is 11.3 Å². The Hall–Kier alpha value is -1.47. The number of nitriles is 1. The van der Waals surface area contributed by atoms with Gasteiger partial charge in [-0.15, -0.1) is 11.8 Å². The summed E-state index contributed by atoms with van der Waals surface area (Å²) < 4.78 is 0. The van der Waals surface area contributed by atoms with Crippen molar-refractivity contribution in [2.75, 3.05) is 17.7 Å². The standard InChI is InChI=1S/C13H14N2OS/c1-13(2,8-14)9-4-5-10-11(6-9)17-7-12(16)15(10)3/h4-6H,7H2,1-3H3. The van der Waals surface area contributed by atoms with Crippen molar-refractivity contribution >= 4 is 23.4 Å². The molecule has 1 amide bonds. The van der Waals surface area contributed by atoms with E-state index < -0.39 is 5.41 Å². The molecule has 1 aliphatic rings. The first-order valence-electron chi connectivity index (χ1n) is 5.41. The van der Waals surface area contributed by atoms with Gasteiger partial charge in [0.2, 0.25) is 5.91 Å². The molecule has 0 fully saturated rings. The van der Waals surface area contributed by atoms with E-state index in [9.17, 15) is 4.79 Å². The van der Waals surface area contributed by atoms with Gasteiger partial charge in [0.15, 0.2) is 0 Å². The van der Waals surface area contributed by atoms with E-state index in [0.29, 0.717) is 5.75 Å². The number of carbonyl (C=O) groups excluding carboxylic acids is 1. The molecular weight excluding hydrogens is 232 g/mol. The quantitative estimate of drug-likeness (QED) is 0.765. The molecule has 0 bridgehead atoms. The number of thioether (sulfide) groups is 1. The molecule has 2 rings (SSSR count). The number of rotatable bonds is 1. The number of amides is 1. The van der Waals surface area contributed by atoms with Crippen molar-refractivity contribution in [2.45, 2.75) is 24.2 Å².